The van der Waals surface area contributed by atoms with Gasteiger partial charge in [-0.15, -0.1) is 0 Å². The standard InChI is InChI=1S/C17H22N4O2/c1-12-14(10-19-20(12)2)9-18-17(23)21-8-7-13-5-3-4-6-15(13)16(21)11-22/h3-6,10,16,22H,7-9,11H2,1-2H3,(H,18,23). The molecule has 6 nitrogen and oxygen atoms in total. The Hall–Kier alpha value is -2.34. The first-order valence-corrected chi connectivity index (χ1v) is 7.82. The minimum absolute atomic E-state index is 0.0731. The summed E-state index contributed by atoms with van der Waals surface area (Å²) in [6.07, 6.45) is 2.58. The Morgan fingerprint density at radius 3 is 2.91 bits per heavy atom. The second-order valence-electron chi connectivity index (χ2n) is 5.88. The zero-order valence-corrected chi connectivity index (χ0v) is 13.5. The number of rotatable bonds is 3. The van der Waals surface area contributed by atoms with Crippen molar-refractivity contribution < 1.29 is 9.90 Å². The number of hydrogen-bond donors (Lipinski definition) is 2. The number of aryl methyl sites for hydroxylation is 1. The Morgan fingerprint density at radius 2 is 2.22 bits per heavy atom. The van der Waals surface area contributed by atoms with Crippen molar-refractivity contribution in [1.82, 2.24) is 20.0 Å². The number of aliphatic hydroxyl groups excluding tert-OH is 1. The number of benzene rings is 1. The molecule has 1 unspecified atom stereocenters. The van der Waals surface area contributed by atoms with Gasteiger partial charge in [0.25, 0.3) is 0 Å². The van der Waals surface area contributed by atoms with E-state index in [2.05, 4.69) is 16.5 Å². The van der Waals surface area contributed by atoms with Crippen LogP contribution in [0.5, 0.6) is 0 Å². The van der Waals surface area contributed by atoms with E-state index in [-0.39, 0.29) is 18.7 Å². The fourth-order valence-corrected chi connectivity index (χ4v) is 3.08. The summed E-state index contributed by atoms with van der Waals surface area (Å²) in [6.45, 7) is 2.95. The van der Waals surface area contributed by atoms with E-state index >= 15 is 0 Å². The average molecular weight is 314 g/mol. The normalized spacial score (nSPS) is 17.0. The van der Waals surface area contributed by atoms with Crippen molar-refractivity contribution in [2.45, 2.75) is 25.9 Å². The van der Waals surface area contributed by atoms with Gasteiger partial charge < -0.3 is 15.3 Å². The molecule has 3 rings (SSSR count). The lowest BCUT2D eigenvalue weighted by atomic mass is 9.93. The molecule has 1 aliphatic rings. The summed E-state index contributed by atoms with van der Waals surface area (Å²) in [6, 6.07) is 7.56. The van der Waals surface area contributed by atoms with Crippen LogP contribution in [0.15, 0.2) is 30.5 Å². The van der Waals surface area contributed by atoms with E-state index in [0.717, 1.165) is 23.2 Å². The van der Waals surface area contributed by atoms with E-state index in [4.69, 9.17) is 0 Å². The molecule has 2 aromatic rings. The highest BCUT2D eigenvalue weighted by Gasteiger charge is 2.29. The first kappa shape index (κ1) is 15.6. The number of nitrogens with one attached hydrogen (secondary N) is 1. The lowest BCUT2D eigenvalue weighted by molar-refractivity contribution is 0.126. The summed E-state index contributed by atoms with van der Waals surface area (Å²) < 4.78 is 1.79. The number of urea groups is 1. The molecule has 1 aliphatic heterocycles. The molecule has 0 radical (unpaired) electrons. The van der Waals surface area contributed by atoms with Gasteiger partial charge in [-0.25, -0.2) is 4.79 Å². The number of nitrogens with zero attached hydrogens (tertiary/aromatic N) is 3. The number of aromatic nitrogens is 2. The Morgan fingerprint density at radius 1 is 1.43 bits per heavy atom. The lowest BCUT2D eigenvalue weighted by Gasteiger charge is -2.36. The number of fused-ring (bicyclic) bond motifs is 1. The molecule has 0 bridgehead atoms. The van der Waals surface area contributed by atoms with Crippen molar-refractivity contribution in [3.05, 3.63) is 52.8 Å². The third-order valence-corrected chi connectivity index (χ3v) is 4.61. The summed E-state index contributed by atoms with van der Waals surface area (Å²) in [7, 11) is 1.88. The molecule has 1 aromatic heterocycles. The van der Waals surface area contributed by atoms with E-state index < -0.39 is 0 Å². The summed E-state index contributed by atoms with van der Waals surface area (Å²) in [5.74, 6) is 0. The molecule has 1 aromatic carbocycles. The van der Waals surface area contributed by atoms with Gasteiger partial charge in [-0.2, -0.15) is 5.10 Å². The van der Waals surface area contributed by atoms with E-state index in [0.29, 0.717) is 13.1 Å². The molecular weight excluding hydrogens is 292 g/mol. The molecule has 0 saturated heterocycles. The predicted octanol–water partition coefficient (Wildman–Crippen LogP) is 1.53. The molecule has 0 spiro atoms. The monoisotopic (exact) mass is 314 g/mol. The van der Waals surface area contributed by atoms with Crippen LogP contribution >= 0.6 is 0 Å². The third-order valence-electron chi connectivity index (χ3n) is 4.61. The Kier molecular flexibility index (Phi) is 4.34. The third kappa shape index (κ3) is 2.94. The van der Waals surface area contributed by atoms with Gasteiger partial charge in [0.05, 0.1) is 18.8 Å². The van der Waals surface area contributed by atoms with Crippen LogP contribution in [0.4, 0.5) is 4.79 Å². The maximum atomic E-state index is 12.5. The Balaban J connectivity index is 1.71. The van der Waals surface area contributed by atoms with Crippen LogP contribution in [-0.2, 0) is 20.0 Å². The van der Waals surface area contributed by atoms with E-state index in [1.54, 1.807) is 15.8 Å². The van der Waals surface area contributed by atoms with Crippen molar-refractivity contribution in [2.24, 2.45) is 7.05 Å². The van der Waals surface area contributed by atoms with Crippen molar-refractivity contribution in [3.8, 4) is 0 Å². The summed E-state index contributed by atoms with van der Waals surface area (Å²) in [4.78, 5) is 14.3. The van der Waals surface area contributed by atoms with E-state index in [1.807, 2.05) is 32.2 Å². The molecule has 2 heterocycles. The first-order chi connectivity index (χ1) is 11.1. The predicted molar refractivity (Wildman–Crippen MR) is 86.9 cm³/mol. The second-order valence-corrected chi connectivity index (χ2v) is 5.88. The number of amides is 2. The summed E-state index contributed by atoms with van der Waals surface area (Å²) >= 11 is 0. The van der Waals surface area contributed by atoms with Gasteiger partial charge in [0.15, 0.2) is 0 Å². The Bertz CT molecular complexity index is 710. The number of hydrogen-bond acceptors (Lipinski definition) is 3. The highest BCUT2D eigenvalue weighted by atomic mass is 16.3. The van der Waals surface area contributed by atoms with Crippen molar-refractivity contribution in [3.63, 3.8) is 0 Å². The van der Waals surface area contributed by atoms with Crippen LogP contribution in [0.1, 0.15) is 28.4 Å². The second kappa shape index (κ2) is 6.42. The van der Waals surface area contributed by atoms with Crippen molar-refractivity contribution >= 4 is 6.03 Å². The lowest BCUT2D eigenvalue weighted by Crippen LogP contribution is -2.46. The highest BCUT2D eigenvalue weighted by Crippen LogP contribution is 2.29. The maximum absolute atomic E-state index is 12.5. The maximum Gasteiger partial charge on any atom is 0.318 e. The molecule has 2 amide bonds. The van der Waals surface area contributed by atoms with Crippen LogP contribution in [0.3, 0.4) is 0 Å². The fourth-order valence-electron chi connectivity index (χ4n) is 3.08. The van der Waals surface area contributed by atoms with Crippen LogP contribution < -0.4 is 5.32 Å². The largest absolute Gasteiger partial charge is 0.394 e. The Labute approximate surface area is 135 Å². The van der Waals surface area contributed by atoms with Crippen LogP contribution in [-0.4, -0.2) is 39.0 Å². The smallest absolute Gasteiger partial charge is 0.318 e. The average Bonchev–Trinajstić information content (AvgIpc) is 2.90. The molecule has 6 heteroatoms. The van der Waals surface area contributed by atoms with Gasteiger partial charge >= 0.3 is 6.03 Å². The molecule has 122 valence electrons. The van der Waals surface area contributed by atoms with Gasteiger partial charge in [0.1, 0.15) is 0 Å². The molecular formula is C17H22N4O2. The van der Waals surface area contributed by atoms with Crippen LogP contribution in [0, 0.1) is 6.92 Å². The summed E-state index contributed by atoms with van der Waals surface area (Å²) in [5, 5.41) is 16.9. The fraction of sp³-hybridized carbons (Fsp3) is 0.412. The highest BCUT2D eigenvalue weighted by molar-refractivity contribution is 5.75. The number of aliphatic hydroxyl groups is 1. The minimum Gasteiger partial charge on any atom is -0.394 e. The zero-order chi connectivity index (χ0) is 16.4. The quantitative estimate of drug-likeness (QED) is 0.902. The SMILES string of the molecule is Cc1c(CNC(=O)N2CCc3ccccc3C2CO)cnn1C. The van der Waals surface area contributed by atoms with Crippen molar-refractivity contribution in [2.75, 3.05) is 13.2 Å². The van der Waals surface area contributed by atoms with Crippen molar-refractivity contribution in [1.29, 1.82) is 0 Å². The van der Waals surface area contributed by atoms with E-state index in [1.165, 1.54) is 5.56 Å². The first-order valence-electron chi connectivity index (χ1n) is 7.82. The molecule has 23 heavy (non-hydrogen) atoms. The molecule has 2 N–H and O–H groups in total. The molecule has 0 fully saturated rings. The van der Waals surface area contributed by atoms with Gasteiger partial charge in [-0.3, -0.25) is 4.68 Å². The number of carbonyl (C=O) groups is 1. The topological polar surface area (TPSA) is 70.4 Å². The number of carbonyl (C=O) groups excluding carboxylic acids is 1. The minimum atomic E-state index is -0.282. The summed E-state index contributed by atoms with van der Waals surface area (Å²) in [5.41, 5.74) is 4.28. The van der Waals surface area contributed by atoms with Crippen LogP contribution in [0.2, 0.25) is 0 Å². The van der Waals surface area contributed by atoms with E-state index in [9.17, 15) is 9.90 Å². The molecule has 0 saturated carbocycles. The van der Waals surface area contributed by atoms with Gasteiger partial charge in [0.2, 0.25) is 0 Å². The van der Waals surface area contributed by atoms with Gasteiger partial charge in [-0.1, -0.05) is 24.3 Å². The zero-order valence-electron chi connectivity index (χ0n) is 13.5. The molecule has 1 atom stereocenters. The van der Waals surface area contributed by atoms with Crippen LogP contribution in [0.25, 0.3) is 0 Å². The molecule has 0 aliphatic carbocycles. The van der Waals surface area contributed by atoms with Gasteiger partial charge in [-0.05, 0) is 24.5 Å². The van der Waals surface area contributed by atoms with Gasteiger partial charge in [0, 0.05) is 31.4 Å².